The number of likely N-dealkylation sites (N-methyl/N-ethyl adjacent to an activating group) is 1. The molecule has 0 N–H and O–H groups in total. The average molecular weight is 307 g/mol. The van der Waals surface area contributed by atoms with Crippen molar-refractivity contribution in [3.8, 4) is 0 Å². The molecule has 1 aromatic carbocycles. The van der Waals surface area contributed by atoms with Crippen LogP contribution in [0.15, 0.2) is 18.2 Å². The van der Waals surface area contributed by atoms with Crippen LogP contribution in [-0.2, 0) is 14.0 Å². The molecule has 0 atom stereocenters. The van der Waals surface area contributed by atoms with E-state index >= 15 is 0 Å². The van der Waals surface area contributed by atoms with Crippen molar-refractivity contribution in [3.63, 3.8) is 0 Å². The first-order valence-corrected chi connectivity index (χ1v) is 7.66. The summed E-state index contributed by atoms with van der Waals surface area (Å²) in [7, 11) is 1.40. The maximum atomic E-state index is 14.0. The number of ether oxygens (including phenoxy) is 1. The molecular weight excluding hydrogens is 284 g/mol. The summed E-state index contributed by atoms with van der Waals surface area (Å²) < 4.78 is 31.3. The van der Waals surface area contributed by atoms with Gasteiger partial charge >= 0.3 is 7.12 Å². The van der Waals surface area contributed by atoms with Crippen LogP contribution in [0.4, 0.5) is 10.1 Å². The average Bonchev–Trinajstić information content (AvgIpc) is 2.55. The summed E-state index contributed by atoms with van der Waals surface area (Å²) in [6, 6.07) is 5.25. The van der Waals surface area contributed by atoms with E-state index in [1.807, 2.05) is 45.7 Å². The largest absolute Gasteiger partial charge is 0.495 e. The Bertz CT molecular complexity index is 559. The predicted molar refractivity (Wildman–Crippen MR) is 85.1 cm³/mol. The minimum atomic E-state index is -0.550. The van der Waals surface area contributed by atoms with Crippen molar-refractivity contribution in [1.29, 1.82) is 0 Å². The fourth-order valence-corrected chi connectivity index (χ4v) is 2.57. The van der Waals surface area contributed by atoms with Gasteiger partial charge in [-0.3, -0.25) is 0 Å². The number of hydrogen-bond acceptors (Lipinski definition) is 4. The Labute approximate surface area is 131 Å². The summed E-state index contributed by atoms with van der Waals surface area (Å²) in [6.45, 7) is 9.32. The summed E-state index contributed by atoms with van der Waals surface area (Å²) in [5.74, 6) is -0.283. The van der Waals surface area contributed by atoms with Gasteiger partial charge in [-0.05, 0) is 51.4 Å². The van der Waals surface area contributed by atoms with Crippen molar-refractivity contribution in [2.75, 3.05) is 25.2 Å². The first-order valence-electron chi connectivity index (χ1n) is 7.66. The van der Waals surface area contributed by atoms with Gasteiger partial charge in [-0.2, -0.15) is 0 Å². The first kappa shape index (κ1) is 15.8. The highest BCUT2D eigenvalue weighted by Gasteiger charge is 2.51. The Morgan fingerprint density at radius 2 is 1.68 bits per heavy atom. The van der Waals surface area contributed by atoms with Gasteiger partial charge < -0.3 is 18.9 Å². The molecule has 22 heavy (non-hydrogen) atoms. The Balaban J connectivity index is 1.87. The lowest BCUT2D eigenvalue weighted by molar-refractivity contribution is 0.00578. The van der Waals surface area contributed by atoms with Gasteiger partial charge in [-0.1, -0.05) is 0 Å². The molecule has 6 heteroatoms. The normalized spacial score (nSPS) is 23.5. The zero-order chi connectivity index (χ0) is 16.1. The number of anilines is 1. The smallest absolute Gasteiger partial charge is 0.399 e. The van der Waals surface area contributed by atoms with E-state index in [0.717, 1.165) is 5.69 Å². The lowest BCUT2D eigenvalue weighted by atomic mass is 9.78. The van der Waals surface area contributed by atoms with Gasteiger partial charge in [-0.15, -0.1) is 0 Å². The second-order valence-electron chi connectivity index (χ2n) is 7.13. The fraction of sp³-hybridized carbons (Fsp3) is 0.625. The van der Waals surface area contributed by atoms with Gasteiger partial charge in [0.15, 0.2) is 0 Å². The van der Waals surface area contributed by atoms with Crippen molar-refractivity contribution in [2.24, 2.45) is 0 Å². The van der Waals surface area contributed by atoms with Crippen LogP contribution < -0.4 is 10.4 Å². The predicted octanol–water partition coefficient (Wildman–Crippen LogP) is 1.96. The van der Waals surface area contributed by atoms with Crippen molar-refractivity contribution >= 4 is 18.3 Å². The van der Waals surface area contributed by atoms with E-state index < -0.39 is 18.3 Å². The minimum absolute atomic E-state index is 0.283. The van der Waals surface area contributed by atoms with Crippen LogP contribution in [0.1, 0.15) is 27.7 Å². The monoisotopic (exact) mass is 307 g/mol. The van der Waals surface area contributed by atoms with Crippen LogP contribution in [0, 0.1) is 5.82 Å². The van der Waals surface area contributed by atoms with Crippen LogP contribution in [0.2, 0.25) is 0 Å². The molecule has 0 aliphatic carbocycles. The molecule has 0 aromatic heterocycles. The van der Waals surface area contributed by atoms with Crippen LogP contribution in [0.25, 0.3) is 0 Å². The van der Waals surface area contributed by atoms with Gasteiger partial charge in [0.05, 0.1) is 30.5 Å². The van der Waals surface area contributed by atoms with Crippen molar-refractivity contribution in [1.82, 2.24) is 0 Å². The summed E-state index contributed by atoms with van der Waals surface area (Å²) in [5, 5.41) is 0. The minimum Gasteiger partial charge on any atom is -0.399 e. The zero-order valence-corrected chi connectivity index (χ0v) is 13.9. The molecule has 120 valence electrons. The number of nitrogens with zero attached hydrogens (tertiary/aromatic N) is 1. The molecule has 2 saturated heterocycles. The molecule has 4 nitrogen and oxygen atoms in total. The van der Waals surface area contributed by atoms with E-state index in [2.05, 4.69) is 0 Å². The lowest BCUT2D eigenvalue weighted by Crippen LogP contribution is -2.47. The van der Waals surface area contributed by atoms with E-state index in [0.29, 0.717) is 24.7 Å². The molecule has 2 aliphatic rings. The Morgan fingerprint density at radius 1 is 1.09 bits per heavy atom. The van der Waals surface area contributed by atoms with Crippen LogP contribution in [-0.4, -0.2) is 44.6 Å². The molecule has 3 rings (SSSR count). The number of rotatable bonds is 3. The number of hydrogen-bond donors (Lipinski definition) is 0. The van der Waals surface area contributed by atoms with Crippen molar-refractivity contribution in [2.45, 2.75) is 44.9 Å². The topological polar surface area (TPSA) is 30.9 Å². The van der Waals surface area contributed by atoms with Gasteiger partial charge in [0, 0.05) is 12.7 Å². The maximum absolute atomic E-state index is 14.0. The van der Waals surface area contributed by atoms with Gasteiger partial charge in [0.2, 0.25) is 0 Å². The van der Waals surface area contributed by atoms with E-state index in [-0.39, 0.29) is 5.82 Å². The number of halogens is 1. The van der Waals surface area contributed by atoms with E-state index in [4.69, 9.17) is 14.0 Å². The third-order valence-electron chi connectivity index (χ3n) is 5.01. The third kappa shape index (κ3) is 2.64. The highest BCUT2D eigenvalue weighted by atomic mass is 19.1. The molecule has 0 unspecified atom stereocenters. The first-order chi connectivity index (χ1) is 10.2. The van der Waals surface area contributed by atoms with Crippen molar-refractivity contribution < 1.29 is 18.4 Å². The SMILES string of the molecule is CN(c1cc(F)cc(B2OC(C)(C)C(C)(C)O2)c1)C1COC1. The molecule has 1 aromatic rings. The van der Waals surface area contributed by atoms with E-state index in [1.165, 1.54) is 12.1 Å². The maximum Gasteiger partial charge on any atom is 0.495 e. The molecule has 0 spiro atoms. The molecule has 0 bridgehead atoms. The molecule has 2 fully saturated rings. The number of benzene rings is 1. The Kier molecular flexibility index (Phi) is 3.74. The highest BCUT2D eigenvalue weighted by molar-refractivity contribution is 6.62. The quantitative estimate of drug-likeness (QED) is 0.799. The van der Waals surface area contributed by atoms with Crippen LogP contribution >= 0.6 is 0 Å². The van der Waals surface area contributed by atoms with Crippen LogP contribution in [0.5, 0.6) is 0 Å². The summed E-state index contributed by atoms with van der Waals surface area (Å²) >= 11 is 0. The van der Waals surface area contributed by atoms with E-state index in [1.54, 1.807) is 0 Å². The standard InChI is InChI=1S/C16H23BFNO3/c1-15(2)16(3,4)22-17(21-15)11-6-12(18)8-13(7-11)19(5)14-9-20-10-14/h6-8,14H,9-10H2,1-5H3. The Morgan fingerprint density at radius 3 is 2.18 bits per heavy atom. The Hall–Kier alpha value is -1.11. The van der Waals surface area contributed by atoms with Gasteiger partial charge in [-0.25, -0.2) is 4.39 Å². The molecule has 2 heterocycles. The molecular formula is C16H23BFNO3. The van der Waals surface area contributed by atoms with E-state index in [9.17, 15) is 4.39 Å². The lowest BCUT2D eigenvalue weighted by Gasteiger charge is -2.36. The summed E-state index contributed by atoms with van der Waals surface area (Å²) in [6.07, 6.45) is 0. The molecule has 2 aliphatic heterocycles. The fourth-order valence-electron chi connectivity index (χ4n) is 2.57. The molecule has 0 radical (unpaired) electrons. The summed E-state index contributed by atoms with van der Waals surface area (Å²) in [4.78, 5) is 2.04. The van der Waals surface area contributed by atoms with Gasteiger partial charge in [0.25, 0.3) is 0 Å². The molecule has 0 amide bonds. The zero-order valence-electron chi connectivity index (χ0n) is 13.9. The second kappa shape index (κ2) is 5.22. The second-order valence-corrected chi connectivity index (χ2v) is 7.13. The summed E-state index contributed by atoms with van der Waals surface area (Å²) in [5.41, 5.74) is 0.661. The highest BCUT2D eigenvalue weighted by Crippen LogP contribution is 2.36. The third-order valence-corrected chi connectivity index (χ3v) is 5.01. The molecule has 0 saturated carbocycles. The van der Waals surface area contributed by atoms with Crippen LogP contribution in [0.3, 0.4) is 0 Å². The van der Waals surface area contributed by atoms with Crippen molar-refractivity contribution in [3.05, 3.63) is 24.0 Å². The van der Waals surface area contributed by atoms with Gasteiger partial charge in [0.1, 0.15) is 5.82 Å².